The molecule has 0 heterocycles. The van der Waals surface area contributed by atoms with Gasteiger partial charge in [0.1, 0.15) is 0 Å². The first-order valence-corrected chi connectivity index (χ1v) is 8.51. The van der Waals surface area contributed by atoms with Crippen LogP contribution in [0.25, 0.3) is 0 Å². The summed E-state index contributed by atoms with van der Waals surface area (Å²) >= 11 is 0. The van der Waals surface area contributed by atoms with Crippen molar-refractivity contribution in [3.8, 4) is 0 Å². The van der Waals surface area contributed by atoms with E-state index in [1.165, 1.54) is 32.1 Å². The Hall–Kier alpha value is -0.680. The van der Waals surface area contributed by atoms with Crippen molar-refractivity contribution in [2.24, 2.45) is 0 Å². The van der Waals surface area contributed by atoms with Gasteiger partial charge in [-0.3, -0.25) is 9.41 Å². The molecule has 0 radical (unpaired) electrons. The second-order valence-electron chi connectivity index (χ2n) is 4.46. The van der Waals surface area contributed by atoms with Crippen LogP contribution in [0.3, 0.4) is 0 Å². The highest BCUT2D eigenvalue weighted by Crippen LogP contribution is 2.43. The number of phosphoric acid groups is 1. The molecule has 0 fully saturated rings. The predicted octanol–water partition coefficient (Wildman–Crippen LogP) is 3.90. The van der Waals surface area contributed by atoms with Gasteiger partial charge in [0, 0.05) is 6.08 Å². The molecule has 6 nitrogen and oxygen atoms in total. The van der Waals surface area contributed by atoms with Crippen LogP contribution in [0, 0.1) is 0 Å². The van der Waals surface area contributed by atoms with Crippen LogP contribution in [0.15, 0.2) is 12.7 Å². The van der Waals surface area contributed by atoms with Crippen LogP contribution in [0.2, 0.25) is 0 Å². The number of phosphoric ester groups is 1. The van der Waals surface area contributed by atoms with Crippen LogP contribution in [0.5, 0.6) is 0 Å². The van der Waals surface area contributed by atoms with E-state index >= 15 is 0 Å². The average molecular weight is 308 g/mol. The maximum absolute atomic E-state index is 11.2. The van der Waals surface area contributed by atoms with Gasteiger partial charge in [0.25, 0.3) is 0 Å². The lowest BCUT2D eigenvalue weighted by molar-refractivity contribution is -0.217. The number of unbranched alkanes of at least 4 members (excludes halogenated alkanes) is 7. The molecule has 0 aromatic carbocycles. The lowest BCUT2D eigenvalue weighted by Gasteiger charge is -2.09. The minimum Gasteiger partial charge on any atom is -0.300 e. The largest absolute Gasteiger partial charge is 0.508 e. The van der Waals surface area contributed by atoms with Crippen molar-refractivity contribution in [1.82, 2.24) is 0 Å². The first-order chi connectivity index (χ1) is 9.52. The van der Waals surface area contributed by atoms with Crippen LogP contribution in [0.4, 0.5) is 0 Å². The highest BCUT2D eigenvalue weighted by atomic mass is 31.2. The van der Waals surface area contributed by atoms with Crippen molar-refractivity contribution in [2.45, 2.75) is 58.3 Å². The summed E-state index contributed by atoms with van der Waals surface area (Å²) in [4.78, 5) is 23.8. The van der Waals surface area contributed by atoms with Gasteiger partial charge in [0.2, 0.25) is 0 Å². The fourth-order valence-electron chi connectivity index (χ4n) is 1.56. The number of rotatable bonds is 13. The van der Waals surface area contributed by atoms with Gasteiger partial charge in [-0.05, 0) is 6.42 Å². The van der Waals surface area contributed by atoms with Gasteiger partial charge in [-0.15, -0.1) is 0 Å². The van der Waals surface area contributed by atoms with Gasteiger partial charge in [0.05, 0.1) is 6.61 Å². The number of carbonyl (C=O) groups is 1. The molecule has 0 aliphatic carbocycles. The van der Waals surface area contributed by atoms with Gasteiger partial charge in [-0.2, -0.15) is 0 Å². The Balaban J connectivity index is 3.46. The highest BCUT2D eigenvalue weighted by molar-refractivity contribution is 7.47. The summed E-state index contributed by atoms with van der Waals surface area (Å²) < 4.78 is 19.9. The number of hydrogen-bond acceptors (Lipinski definition) is 5. The zero-order valence-corrected chi connectivity index (χ0v) is 13.0. The Kier molecular flexibility index (Phi) is 11.7. The third-order valence-corrected chi connectivity index (χ3v) is 3.40. The Morgan fingerprint density at radius 1 is 1.15 bits per heavy atom. The molecule has 0 aliphatic heterocycles. The Morgan fingerprint density at radius 2 is 1.70 bits per heavy atom. The lowest BCUT2D eigenvalue weighted by atomic mass is 10.1. The first kappa shape index (κ1) is 19.3. The second-order valence-corrected chi connectivity index (χ2v) is 5.80. The molecule has 0 aromatic heterocycles. The minimum atomic E-state index is -4.32. The third kappa shape index (κ3) is 12.4. The number of hydrogen-bond donors (Lipinski definition) is 1. The fraction of sp³-hybridized carbons (Fsp3) is 0.769. The van der Waals surface area contributed by atoms with E-state index in [2.05, 4.69) is 27.6 Å². The lowest BCUT2D eigenvalue weighted by Crippen LogP contribution is -2.03. The molecule has 0 saturated heterocycles. The molecular weight excluding hydrogens is 283 g/mol. The smallest absolute Gasteiger partial charge is 0.300 e. The molecule has 0 bridgehead atoms. The van der Waals surface area contributed by atoms with Crippen LogP contribution in [0.1, 0.15) is 58.3 Å². The van der Waals surface area contributed by atoms with Crippen LogP contribution >= 0.6 is 7.82 Å². The van der Waals surface area contributed by atoms with E-state index in [-0.39, 0.29) is 6.61 Å². The molecule has 1 N–H and O–H groups in total. The summed E-state index contributed by atoms with van der Waals surface area (Å²) in [6, 6.07) is 0. The molecule has 1 unspecified atom stereocenters. The van der Waals surface area contributed by atoms with E-state index in [0.717, 1.165) is 18.9 Å². The van der Waals surface area contributed by atoms with Crippen molar-refractivity contribution in [1.29, 1.82) is 0 Å². The van der Waals surface area contributed by atoms with Crippen LogP contribution in [-0.4, -0.2) is 17.5 Å². The summed E-state index contributed by atoms with van der Waals surface area (Å²) in [7, 11) is -4.32. The van der Waals surface area contributed by atoms with Gasteiger partial charge in [-0.1, -0.05) is 63.1 Å². The van der Waals surface area contributed by atoms with E-state index in [4.69, 9.17) is 4.89 Å². The third-order valence-electron chi connectivity index (χ3n) is 2.63. The van der Waals surface area contributed by atoms with Crippen LogP contribution < -0.4 is 0 Å². The Labute approximate surface area is 120 Å². The predicted molar refractivity (Wildman–Crippen MR) is 75.8 cm³/mol. The molecule has 0 spiro atoms. The van der Waals surface area contributed by atoms with E-state index in [0.29, 0.717) is 6.42 Å². The maximum Gasteiger partial charge on any atom is 0.508 e. The molecule has 0 aromatic rings. The quantitative estimate of drug-likeness (QED) is 0.183. The topological polar surface area (TPSA) is 82.1 Å². The fourth-order valence-corrected chi connectivity index (χ4v) is 2.13. The van der Waals surface area contributed by atoms with E-state index < -0.39 is 13.8 Å². The summed E-state index contributed by atoms with van der Waals surface area (Å²) in [5.41, 5.74) is 0. The summed E-state index contributed by atoms with van der Waals surface area (Å²) in [6.07, 6.45) is 9.66. The molecule has 0 amide bonds. The molecule has 118 valence electrons. The SMILES string of the molecule is C=CC(=O)OOP(=O)(O)OCCCCCCCCCC. The first-order valence-electron chi connectivity index (χ1n) is 7.02. The summed E-state index contributed by atoms with van der Waals surface area (Å²) in [6.45, 7) is 5.39. The molecule has 0 saturated carbocycles. The van der Waals surface area contributed by atoms with Crippen molar-refractivity contribution in [3.05, 3.63) is 12.7 Å². The van der Waals surface area contributed by atoms with Gasteiger partial charge in [0.15, 0.2) is 0 Å². The molecule has 20 heavy (non-hydrogen) atoms. The normalized spacial score (nSPS) is 13.7. The summed E-state index contributed by atoms with van der Waals surface area (Å²) in [5, 5.41) is 0. The van der Waals surface area contributed by atoms with Gasteiger partial charge < -0.3 is 4.89 Å². The molecule has 1 atom stereocenters. The van der Waals surface area contributed by atoms with E-state index in [1.54, 1.807) is 0 Å². The monoisotopic (exact) mass is 308 g/mol. The zero-order valence-electron chi connectivity index (χ0n) is 12.1. The minimum absolute atomic E-state index is 0.0916. The average Bonchev–Trinajstić information content (AvgIpc) is 2.43. The molecule has 0 aliphatic rings. The molecule has 0 rings (SSSR count). The van der Waals surface area contributed by atoms with Crippen molar-refractivity contribution < 1.29 is 28.3 Å². The highest BCUT2D eigenvalue weighted by Gasteiger charge is 2.24. The number of carbonyl (C=O) groups excluding carboxylic acids is 1. The zero-order chi connectivity index (χ0) is 15.3. The van der Waals surface area contributed by atoms with Crippen molar-refractivity contribution in [3.63, 3.8) is 0 Å². The Bertz CT molecular complexity index is 318. The standard InChI is InChI=1S/C13H25O6P/c1-3-5-6-7-8-9-10-11-12-17-20(15,16)19-18-13(14)4-2/h4H,2-3,5-12H2,1H3,(H,15,16). The second kappa shape index (κ2) is 12.1. The van der Waals surface area contributed by atoms with Crippen molar-refractivity contribution in [2.75, 3.05) is 6.61 Å². The van der Waals surface area contributed by atoms with E-state index in [9.17, 15) is 9.36 Å². The Morgan fingerprint density at radius 3 is 2.25 bits per heavy atom. The van der Waals surface area contributed by atoms with Gasteiger partial charge in [-0.25, -0.2) is 9.36 Å². The van der Waals surface area contributed by atoms with Gasteiger partial charge >= 0.3 is 13.8 Å². The molecular formula is C13H25O6P. The summed E-state index contributed by atoms with van der Waals surface area (Å²) in [5.74, 6) is -0.949. The maximum atomic E-state index is 11.2. The molecule has 7 heteroatoms. The van der Waals surface area contributed by atoms with E-state index in [1.807, 2.05) is 0 Å². The van der Waals surface area contributed by atoms with Crippen LogP contribution in [-0.2, 0) is 23.4 Å². The van der Waals surface area contributed by atoms with Crippen molar-refractivity contribution >= 4 is 13.8 Å².